The van der Waals surface area contributed by atoms with Gasteiger partial charge >= 0.3 is 0 Å². The van der Waals surface area contributed by atoms with Crippen molar-refractivity contribution in [1.29, 1.82) is 0 Å². The Bertz CT molecular complexity index is 222. The van der Waals surface area contributed by atoms with Gasteiger partial charge in [-0.1, -0.05) is 12.2 Å². The number of hydrogen-bond donors (Lipinski definition) is 0. The predicted molar refractivity (Wildman–Crippen MR) is 46.9 cm³/mol. The van der Waals surface area contributed by atoms with Gasteiger partial charge in [-0.15, -0.1) is 0 Å². The zero-order valence-electron chi connectivity index (χ0n) is 6.57. The first-order valence-electron chi connectivity index (χ1n) is 3.31. The summed E-state index contributed by atoms with van der Waals surface area (Å²) in [7, 11) is 3.63. The van der Waals surface area contributed by atoms with E-state index in [9.17, 15) is 4.79 Å². The van der Waals surface area contributed by atoms with Gasteiger partial charge in [-0.2, -0.15) is 0 Å². The van der Waals surface area contributed by atoms with E-state index in [1.165, 1.54) is 5.01 Å². The lowest BCUT2D eigenvalue weighted by atomic mass is 10.2. The quantitative estimate of drug-likeness (QED) is 0.538. The van der Waals surface area contributed by atoms with Gasteiger partial charge in [0.05, 0.1) is 6.42 Å². The lowest BCUT2D eigenvalue weighted by molar-refractivity contribution is -0.137. The molecule has 0 radical (unpaired) electrons. The molecule has 0 saturated heterocycles. The van der Waals surface area contributed by atoms with E-state index in [2.05, 4.69) is 0 Å². The van der Waals surface area contributed by atoms with Crippen molar-refractivity contribution in [3.63, 3.8) is 0 Å². The topological polar surface area (TPSA) is 23.6 Å². The SMILES string of the molecule is CN(C)N1C=CC(=S)CC1=O. The molecule has 0 fully saturated rings. The van der Waals surface area contributed by atoms with Crippen molar-refractivity contribution in [3.8, 4) is 0 Å². The largest absolute Gasteiger partial charge is 0.273 e. The highest BCUT2D eigenvalue weighted by Gasteiger charge is 2.17. The average molecular weight is 170 g/mol. The van der Waals surface area contributed by atoms with E-state index >= 15 is 0 Å². The molecule has 0 N–H and O–H groups in total. The van der Waals surface area contributed by atoms with Gasteiger partial charge in [-0.25, -0.2) is 5.01 Å². The molecule has 3 nitrogen and oxygen atoms in total. The summed E-state index contributed by atoms with van der Waals surface area (Å²) in [5, 5.41) is 3.26. The van der Waals surface area contributed by atoms with E-state index in [-0.39, 0.29) is 5.91 Å². The minimum atomic E-state index is 0.0301. The number of thiocarbonyl (C=S) groups is 1. The van der Waals surface area contributed by atoms with E-state index in [0.717, 1.165) is 0 Å². The van der Waals surface area contributed by atoms with Crippen molar-refractivity contribution in [3.05, 3.63) is 12.3 Å². The summed E-state index contributed by atoms with van der Waals surface area (Å²) in [6.07, 6.45) is 3.81. The molecule has 4 heteroatoms. The summed E-state index contributed by atoms with van der Waals surface area (Å²) < 4.78 is 0. The molecule has 0 atom stereocenters. The van der Waals surface area contributed by atoms with Crippen molar-refractivity contribution in [1.82, 2.24) is 10.0 Å². The zero-order chi connectivity index (χ0) is 8.43. The fraction of sp³-hybridized carbons (Fsp3) is 0.429. The second-order valence-electron chi connectivity index (χ2n) is 2.54. The Morgan fingerprint density at radius 3 is 2.73 bits per heavy atom. The Hall–Kier alpha value is -0.740. The minimum Gasteiger partial charge on any atom is -0.273 e. The number of carbonyl (C=O) groups is 1. The highest BCUT2D eigenvalue weighted by atomic mass is 32.1. The Morgan fingerprint density at radius 1 is 1.64 bits per heavy atom. The van der Waals surface area contributed by atoms with Crippen LogP contribution >= 0.6 is 12.2 Å². The number of hydrazine groups is 1. The third kappa shape index (κ3) is 1.85. The van der Waals surface area contributed by atoms with E-state index in [0.29, 0.717) is 11.3 Å². The molecule has 1 rings (SSSR count). The Kier molecular flexibility index (Phi) is 2.36. The van der Waals surface area contributed by atoms with Gasteiger partial charge < -0.3 is 0 Å². The molecule has 0 unspecified atom stereocenters. The first-order chi connectivity index (χ1) is 5.11. The highest BCUT2D eigenvalue weighted by molar-refractivity contribution is 7.80. The molecule has 0 aromatic rings. The number of amides is 1. The lowest BCUT2D eigenvalue weighted by Gasteiger charge is -2.27. The fourth-order valence-electron chi connectivity index (χ4n) is 0.882. The second-order valence-corrected chi connectivity index (χ2v) is 3.07. The molecule has 0 aromatic carbocycles. The first-order valence-corrected chi connectivity index (χ1v) is 3.72. The summed E-state index contributed by atoms with van der Waals surface area (Å²) in [6, 6.07) is 0. The summed E-state index contributed by atoms with van der Waals surface area (Å²) in [4.78, 5) is 11.9. The van der Waals surface area contributed by atoms with Crippen molar-refractivity contribution in [2.24, 2.45) is 0 Å². The van der Waals surface area contributed by atoms with E-state index in [4.69, 9.17) is 12.2 Å². The van der Waals surface area contributed by atoms with Crippen molar-refractivity contribution in [2.75, 3.05) is 14.1 Å². The van der Waals surface area contributed by atoms with Gasteiger partial charge in [-0.05, 0) is 6.08 Å². The average Bonchev–Trinajstić information content (AvgIpc) is 1.85. The van der Waals surface area contributed by atoms with Crippen molar-refractivity contribution >= 4 is 23.0 Å². The molecular weight excluding hydrogens is 160 g/mol. The van der Waals surface area contributed by atoms with Gasteiger partial charge in [0.25, 0.3) is 0 Å². The maximum Gasteiger partial charge on any atom is 0.246 e. The van der Waals surface area contributed by atoms with Crippen LogP contribution in [0.1, 0.15) is 6.42 Å². The van der Waals surface area contributed by atoms with Crippen LogP contribution in [0.2, 0.25) is 0 Å². The first kappa shape index (κ1) is 8.36. The van der Waals surface area contributed by atoms with Gasteiger partial charge in [0, 0.05) is 25.2 Å². The molecule has 0 aliphatic carbocycles. The second kappa shape index (κ2) is 3.11. The van der Waals surface area contributed by atoms with Crippen LogP contribution in [0.4, 0.5) is 0 Å². The van der Waals surface area contributed by atoms with Crippen LogP contribution in [0.25, 0.3) is 0 Å². The van der Waals surface area contributed by atoms with E-state index < -0.39 is 0 Å². The summed E-state index contributed by atoms with van der Waals surface area (Å²) in [5.74, 6) is 0.0301. The predicted octanol–water partition coefficient (Wildman–Crippen LogP) is 0.579. The number of allylic oxidation sites excluding steroid dienone is 1. The third-order valence-electron chi connectivity index (χ3n) is 1.41. The molecule has 0 saturated carbocycles. The number of hydrogen-bond acceptors (Lipinski definition) is 3. The van der Waals surface area contributed by atoms with Gasteiger partial charge in [0.15, 0.2) is 0 Å². The molecule has 11 heavy (non-hydrogen) atoms. The Morgan fingerprint density at radius 2 is 2.27 bits per heavy atom. The molecule has 0 spiro atoms. The van der Waals surface area contributed by atoms with Crippen molar-refractivity contribution < 1.29 is 4.79 Å². The van der Waals surface area contributed by atoms with E-state index in [1.807, 2.05) is 14.1 Å². The van der Waals surface area contributed by atoms with Crippen molar-refractivity contribution in [2.45, 2.75) is 6.42 Å². The molecule has 1 aliphatic rings. The number of nitrogens with zero attached hydrogens (tertiary/aromatic N) is 2. The summed E-state index contributed by atoms with van der Waals surface area (Å²) in [5.41, 5.74) is 0. The molecule has 1 aliphatic heterocycles. The smallest absolute Gasteiger partial charge is 0.246 e. The third-order valence-corrected chi connectivity index (χ3v) is 1.69. The van der Waals surface area contributed by atoms with Gasteiger partial charge in [0.1, 0.15) is 0 Å². The lowest BCUT2D eigenvalue weighted by Crippen LogP contribution is -2.40. The number of rotatable bonds is 1. The van der Waals surface area contributed by atoms with E-state index in [1.54, 1.807) is 17.3 Å². The van der Waals surface area contributed by atoms with Gasteiger partial charge in [0.2, 0.25) is 5.91 Å². The standard InChI is InChI=1S/C7H10N2OS/c1-8(2)9-4-3-6(11)5-7(9)10/h3-4H,5H2,1-2H3. The molecule has 60 valence electrons. The molecule has 1 amide bonds. The van der Waals surface area contributed by atoms with Gasteiger partial charge in [-0.3, -0.25) is 9.80 Å². The Labute approximate surface area is 71.2 Å². The molecular formula is C7H10N2OS. The maximum absolute atomic E-state index is 11.2. The van der Waals surface area contributed by atoms with Crippen LogP contribution in [0.15, 0.2) is 12.3 Å². The normalized spacial score (nSPS) is 18.3. The van der Waals surface area contributed by atoms with Crippen LogP contribution in [-0.2, 0) is 4.79 Å². The van der Waals surface area contributed by atoms with Crippen LogP contribution < -0.4 is 0 Å². The Balaban J connectivity index is 2.76. The monoisotopic (exact) mass is 170 g/mol. The zero-order valence-corrected chi connectivity index (χ0v) is 7.39. The minimum absolute atomic E-state index is 0.0301. The molecule has 1 heterocycles. The molecule has 0 bridgehead atoms. The summed E-state index contributed by atoms with van der Waals surface area (Å²) >= 11 is 4.87. The van der Waals surface area contributed by atoms with Crippen LogP contribution in [0, 0.1) is 0 Å². The number of carbonyl (C=O) groups excluding carboxylic acids is 1. The van der Waals surface area contributed by atoms with Crippen LogP contribution in [0.5, 0.6) is 0 Å². The van der Waals surface area contributed by atoms with Crippen LogP contribution in [-0.4, -0.2) is 34.9 Å². The maximum atomic E-state index is 11.2. The molecule has 0 aromatic heterocycles. The summed E-state index contributed by atoms with van der Waals surface area (Å²) in [6.45, 7) is 0. The van der Waals surface area contributed by atoms with Crippen LogP contribution in [0.3, 0.4) is 0 Å². The highest BCUT2D eigenvalue weighted by Crippen LogP contribution is 2.06. The fourth-order valence-corrected chi connectivity index (χ4v) is 1.07.